The Morgan fingerprint density at radius 3 is 1.09 bits per heavy atom. The smallest absolute Gasteiger partial charge is 0.506 e. The summed E-state index contributed by atoms with van der Waals surface area (Å²) in [5, 5.41) is 0. The van der Waals surface area contributed by atoms with Crippen molar-refractivity contribution >= 4 is 8.80 Å². The number of hydrogen-bond acceptors (Lipinski definition) is 3. The molecule has 0 N–H and O–H groups in total. The summed E-state index contributed by atoms with van der Waals surface area (Å²) < 4.78 is 19.9. The lowest BCUT2D eigenvalue weighted by molar-refractivity contribution is -0.927. The molecule has 0 spiro atoms. The van der Waals surface area contributed by atoms with E-state index in [9.17, 15) is 0 Å². The molecule has 0 unspecified atom stereocenters. The third kappa shape index (κ3) is 16.2. The Hall–Kier alpha value is 0.537. The second kappa shape index (κ2) is 23.3. The van der Waals surface area contributed by atoms with Gasteiger partial charge in [0, 0.05) is 19.8 Å². The van der Waals surface area contributed by atoms with Crippen molar-refractivity contribution in [1.29, 1.82) is 0 Å². The Balaban J connectivity index is 0. The fourth-order valence-electron chi connectivity index (χ4n) is 4.67. The molecule has 0 aliphatic rings. The van der Waals surface area contributed by atoms with Crippen LogP contribution in [-0.4, -0.2) is 59.3 Å². The molecule has 0 heterocycles. The maximum absolute atomic E-state index is 6.22. The predicted molar refractivity (Wildman–Crippen MR) is 138 cm³/mol. The molecule has 0 saturated carbocycles. The fraction of sp³-hybridized carbons (Fsp3) is 1.00. The van der Waals surface area contributed by atoms with E-state index in [1.54, 1.807) is 0 Å². The summed E-state index contributed by atoms with van der Waals surface area (Å²) in [7, 11) is -2.58. The van der Waals surface area contributed by atoms with Crippen molar-refractivity contribution in [2.45, 2.75) is 125 Å². The molecule has 0 aromatic rings. The first-order valence-corrected chi connectivity index (χ1v) is 15.8. The molecule has 0 aliphatic carbocycles. The Morgan fingerprint density at radius 2 is 0.812 bits per heavy atom. The average Bonchev–Trinajstić information content (AvgIpc) is 2.76. The van der Waals surface area contributed by atoms with Crippen LogP contribution >= 0.6 is 0 Å². The van der Waals surface area contributed by atoms with Gasteiger partial charge in [-0.05, 0) is 59.3 Å². The summed E-state index contributed by atoms with van der Waals surface area (Å²) >= 11 is 0. The summed E-state index contributed by atoms with van der Waals surface area (Å²) in [6, 6.07) is 0.956. The van der Waals surface area contributed by atoms with Gasteiger partial charge in [0.2, 0.25) is 0 Å². The monoisotopic (exact) mass is 539 g/mol. The standard InChI is InChI=1S/C26H58NO3Si.BrH/c1-7-13-16-19-22-27(23-20-17-14-8-2,24-21-18-15-9-3)25-26-31(28-10-4,29-11-5)30-12-6;/h7-26H2,1-6H3;1H/q+1;/p-1. The lowest BCUT2D eigenvalue weighted by Gasteiger charge is -2.41. The van der Waals surface area contributed by atoms with Gasteiger partial charge in [-0.2, -0.15) is 0 Å². The van der Waals surface area contributed by atoms with Crippen LogP contribution in [0.1, 0.15) is 119 Å². The lowest BCUT2D eigenvalue weighted by atomic mass is 10.1. The second-order valence-electron chi connectivity index (χ2n) is 9.15. The van der Waals surface area contributed by atoms with Crippen LogP contribution in [0.3, 0.4) is 0 Å². The van der Waals surface area contributed by atoms with Gasteiger partial charge in [0.05, 0.1) is 32.2 Å². The van der Waals surface area contributed by atoms with Crippen molar-refractivity contribution in [1.82, 2.24) is 0 Å². The molecular formula is C26H58BrNO3Si. The maximum atomic E-state index is 6.22. The summed E-state index contributed by atoms with van der Waals surface area (Å²) in [6.07, 6.45) is 16.2. The van der Waals surface area contributed by atoms with Crippen molar-refractivity contribution in [3.05, 3.63) is 0 Å². The molecule has 0 aromatic heterocycles. The number of unbranched alkanes of at least 4 members (excludes halogenated alkanes) is 9. The molecule has 0 rings (SSSR count). The largest absolute Gasteiger partial charge is 1.00 e. The summed E-state index contributed by atoms with van der Waals surface area (Å²) in [4.78, 5) is 0. The Labute approximate surface area is 213 Å². The molecular weight excluding hydrogens is 482 g/mol. The first-order valence-electron chi connectivity index (χ1n) is 13.8. The van der Waals surface area contributed by atoms with E-state index in [0.29, 0.717) is 19.8 Å². The lowest BCUT2D eigenvalue weighted by Crippen LogP contribution is -3.00. The summed E-state index contributed by atoms with van der Waals surface area (Å²) in [5.41, 5.74) is 0. The number of hydrogen-bond donors (Lipinski definition) is 0. The third-order valence-electron chi connectivity index (χ3n) is 6.44. The SMILES string of the molecule is CCCCCC[N+](CCCCCC)(CCCCCC)CC[Si](OCC)(OCC)OCC.[Br-]. The van der Waals surface area contributed by atoms with Crippen LogP contribution in [-0.2, 0) is 13.3 Å². The van der Waals surface area contributed by atoms with Crippen LogP contribution in [0.4, 0.5) is 0 Å². The van der Waals surface area contributed by atoms with Crippen molar-refractivity contribution in [2.75, 3.05) is 46.0 Å². The molecule has 6 heteroatoms. The van der Waals surface area contributed by atoms with Crippen LogP contribution in [0.25, 0.3) is 0 Å². The van der Waals surface area contributed by atoms with Crippen LogP contribution in [0.2, 0.25) is 6.04 Å². The highest BCUT2D eigenvalue weighted by Gasteiger charge is 2.43. The molecule has 0 saturated heterocycles. The molecule has 0 aliphatic heterocycles. The minimum Gasteiger partial charge on any atom is -1.00 e. The van der Waals surface area contributed by atoms with E-state index in [1.165, 1.54) is 101 Å². The molecule has 32 heavy (non-hydrogen) atoms. The quantitative estimate of drug-likeness (QED) is 0.102. The topological polar surface area (TPSA) is 27.7 Å². The van der Waals surface area contributed by atoms with E-state index >= 15 is 0 Å². The second-order valence-corrected chi connectivity index (χ2v) is 11.9. The summed E-state index contributed by atoms with van der Waals surface area (Å²) in [6.45, 7) is 20.3. The Bertz CT molecular complexity index is 340. The average molecular weight is 541 g/mol. The van der Waals surface area contributed by atoms with Gasteiger partial charge in [0.15, 0.2) is 0 Å². The molecule has 0 atom stereocenters. The fourth-order valence-corrected chi connectivity index (χ4v) is 7.42. The molecule has 0 amide bonds. The first-order chi connectivity index (χ1) is 15.1. The van der Waals surface area contributed by atoms with E-state index in [0.717, 1.165) is 12.6 Å². The molecule has 0 radical (unpaired) electrons. The Morgan fingerprint density at radius 1 is 0.469 bits per heavy atom. The van der Waals surface area contributed by atoms with Gasteiger partial charge >= 0.3 is 8.80 Å². The van der Waals surface area contributed by atoms with Gasteiger partial charge in [-0.15, -0.1) is 0 Å². The van der Waals surface area contributed by atoms with Crippen LogP contribution < -0.4 is 17.0 Å². The minimum absolute atomic E-state index is 0. The maximum Gasteiger partial charge on any atom is 0.506 e. The molecule has 0 aromatic carbocycles. The van der Waals surface area contributed by atoms with Crippen LogP contribution in [0, 0.1) is 0 Å². The zero-order valence-electron chi connectivity index (χ0n) is 22.7. The zero-order valence-corrected chi connectivity index (χ0v) is 25.3. The van der Waals surface area contributed by atoms with E-state index in [-0.39, 0.29) is 17.0 Å². The number of quaternary nitrogens is 1. The van der Waals surface area contributed by atoms with E-state index in [1.807, 2.05) is 0 Å². The first kappa shape index (κ1) is 34.7. The van der Waals surface area contributed by atoms with Crippen molar-refractivity contribution in [2.24, 2.45) is 0 Å². The minimum atomic E-state index is -2.58. The van der Waals surface area contributed by atoms with Gasteiger partial charge in [-0.1, -0.05) is 59.3 Å². The summed E-state index contributed by atoms with van der Waals surface area (Å²) in [5.74, 6) is 0. The van der Waals surface area contributed by atoms with E-state index in [4.69, 9.17) is 13.3 Å². The van der Waals surface area contributed by atoms with Gasteiger partial charge < -0.3 is 34.7 Å². The molecule has 4 nitrogen and oxygen atoms in total. The van der Waals surface area contributed by atoms with Gasteiger partial charge in [0.1, 0.15) is 0 Å². The van der Waals surface area contributed by atoms with E-state index in [2.05, 4.69) is 41.5 Å². The van der Waals surface area contributed by atoms with Gasteiger partial charge in [0.25, 0.3) is 0 Å². The van der Waals surface area contributed by atoms with Crippen LogP contribution in [0.15, 0.2) is 0 Å². The third-order valence-corrected chi connectivity index (χ3v) is 9.46. The van der Waals surface area contributed by atoms with Gasteiger partial charge in [-0.25, -0.2) is 0 Å². The highest BCUT2D eigenvalue weighted by atomic mass is 79.9. The van der Waals surface area contributed by atoms with Crippen molar-refractivity contribution in [3.8, 4) is 0 Å². The predicted octanol–water partition coefficient (Wildman–Crippen LogP) is 4.60. The van der Waals surface area contributed by atoms with E-state index < -0.39 is 8.80 Å². The van der Waals surface area contributed by atoms with Crippen molar-refractivity contribution < 1.29 is 34.7 Å². The molecule has 0 bridgehead atoms. The Kier molecular flexibility index (Phi) is 25.3. The van der Waals surface area contributed by atoms with Crippen molar-refractivity contribution in [3.63, 3.8) is 0 Å². The highest BCUT2D eigenvalue weighted by Crippen LogP contribution is 2.23. The normalized spacial score (nSPS) is 12.2. The molecule has 196 valence electrons. The highest BCUT2D eigenvalue weighted by molar-refractivity contribution is 6.60. The number of halogens is 1. The number of nitrogens with zero attached hydrogens (tertiary/aromatic N) is 1. The van der Waals surface area contributed by atoms with Gasteiger partial charge in [-0.3, -0.25) is 0 Å². The molecule has 0 fully saturated rings. The number of rotatable bonds is 24. The van der Waals surface area contributed by atoms with Crippen LogP contribution in [0.5, 0.6) is 0 Å². The zero-order chi connectivity index (χ0) is 23.3.